The van der Waals surface area contributed by atoms with Crippen LogP contribution in [0.2, 0.25) is 0 Å². The van der Waals surface area contributed by atoms with Gasteiger partial charge in [0.1, 0.15) is 11.3 Å². The van der Waals surface area contributed by atoms with E-state index in [0.717, 1.165) is 16.8 Å². The van der Waals surface area contributed by atoms with Crippen LogP contribution < -0.4 is 10.2 Å². The molecule has 1 unspecified atom stereocenters. The van der Waals surface area contributed by atoms with Crippen LogP contribution in [0.15, 0.2) is 71.3 Å². The molecule has 33 heavy (non-hydrogen) atoms. The molecule has 0 saturated heterocycles. The van der Waals surface area contributed by atoms with Crippen molar-refractivity contribution in [3.63, 3.8) is 0 Å². The van der Waals surface area contributed by atoms with Gasteiger partial charge >= 0.3 is 5.97 Å². The first-order chi connectivity index (χ1) is 15.9. The van der Waals surface area contributed by atoms with E-state index in [0.29, 0.717) is 22.9 Å². The molecule has 8 nitrogen and oxygen atoms in total. The Morgan fingerprint density at radius 3 is 2.61 bits per heavy atom. The first kappa shape index (κ1) is 22.0. The van der Waals surface area contributed by atoms with Crippen molar-refractivity contribution in [1.29, 1.82) is 0 Å². The van der Waals surface area contributed by atoms with Gasteiger partial charge in [0, 0.05) is 18.9 Å². The van der Waals surface area contributed by atoms with Crippen LogP contribution in [0.1, 0.15) is 30.4 Å². The summed E-state index contributed by atoms with van der Waals surface area (Å²) in [6, 6.07) is 19.0. The van der Waals surface area contributed by atoms with Crippen LogP contribution >= 0.6 is 0 Å². The summed E-state index contributed by atoms with van der Waals surface area (Å²) in [6.45, 7) is 1.83. The lowest BCUT2D eigenvalue weighted by Crippen LogP contribution is -2.28. The third kappa shape index (κ3) is 5.35. The SMILES string of the molecule is CC(CC(=O)O)c1ccc(N(C)C(=O)Cc2ccc3nc(Nc4ccccc4)oc3c2)nc1. The number of para-hydroxylation sites is 1. The zero-order chi connectivity index (χ0) is 23.4. The van der Waals surface area contributed by atoms with Crippen LogP contribution in [-0.2, 0) is 16.0 Å². The molecule has 4 aromatic rings. The number of amides is 1. The van der Waals surface area contributed by atoms with E-state index in [9.17, 15) is 9.59 Å². The number of benzene rings is 2. The van der Waals surface area contributed by atoms with E-state index in [2.05, 4.69) is 15.3 Å². The maximum atomic E-state index is 12.8. The number of anilines is 3. The molecule has 8 heteroatoms. The summed E-state index contributed by atoms with van der Waals surface area (Å²) >= 11 is 0. The Balaban J connectivity index is 1.43. The maximum Gasteiger partial charge on any atom is 0.303 e. The minimum absolute atomic E-state index is 0.0303. The summed E-state index contributed by atoms with van der Waals surface area (Å²) in [7, 11) is 1.67. The van der Waals surface area contributed by atoms with Crippen molar-refractivity contribution >= 4 is 40.5 Å². The number of aliphatic carboxylic acids is 1. The van der Waals surface area contributed by atoms with Gasteiger partial charge in [-0.05, 0) is 47.4 Å². The zero-order valence-corrected chi connectivity index (χ0v) is 18.4. The van der Waals surface area contributed by atoms with Crippen LogP contribution in [-0.4, -0.2) is 34.0 Å². The van der Waals surface area contributed by atoms with Crippen LogP contribution in [0.3, 0.4) is 0 Å². The van der Waals surface area contributed by atoms with Gasteiger partial charge in [-0.15, -0.1) is 0 Å². The van der Waals surface area contributed by atoms with Gasteiger partial charge in [-0.3, -0.25) is 14.5 Å². The van der Waals surface area contributed by atoms with Crippen molar-refractivity contribution in [3.05, 3.63) is 78.0 Å². The number of carbonyl (C=O) groups is 2. The standard InChI is InChI=1S/C25H24N4O4/c1-16(12-24(31)32)18-9-11-22(26-15-18)29(2)23(30)14-17-8-10-20-21(13-17)33-25(28-20)27-19-6-4-3-5-7-19/h3-11,13,15-16H,12,14H2,1-2H3,(H,27,28)(H,31,32). The van der Waals surface area contributed by atoms with Gasteiger partial charge < -0.3 is 14.8 Å². The highest BCUT2D eigenvalue weighted by molar-refractivity contribution is 5.93. The molecule has 0 radical (unpaired) electrons. The van der Waals surface area contributed by atoms with Gasteiger partial charge in [0.05, 0.1) is 12.8 Å². The third-order valence-electron chi connectivity index (χ3n) is 5.37. The van der Waals surface area contributed by atoms with Crippen molar-refractivity contribution in [2.24, 2.45) is 0 Å². The Morgan fingerprint density at radius 1 is 1.12 bits per heavy atom. The highest BCUT2D eigenvalue weighted by atomic mass is 16.4. The minimum Gasteiger partial charge on any atom is -0.481 e. The predicted molar refractivity (Wildman–Crippen MR) is 126 cm³/mol. The summed E-state index contributed by atoms with van der Waals surface area (Å²) in [5.41, 5.74) is 3.78. The van der Waals surface area contributed by atoms with Crippen molar-refractivity contribution in [3.8, 4) is 0 Å². The maximum absolute atomic E-state index is 12.8. The predicted octanol–water partition coefficient (Wildman–Crippen LogP) is 4.75. The van der Waals surface area contributed by atoms with E-state index in [1.807, 2.05) is 61.5 Å². The number of carboxylic acid groups (broad SMARTS) is 1. The Morgan fingerprint density at radius 2 is 1.91 bits per heavy atom. The second kappa shape index (κ2) is 9.52. The quantitative estimate of drug-likeness (QED) is 0.404. The van der Waals surface area contributed by atoms with Crippen LogP contribution in [0.25, 0.3) is 11.1 Å². The average Bonchev–Trinajstić information content (AvgIpc) is 3.20. The summed E-state index contributed by atoms with van der Waals surface area (Å²) in [6.07, 6.45) is 1.82. The number of fused-ring (bicyclic) bond motifs is 1. The molecule has 4 rings (SSSR count). The lowest BCUT2D eigenvalue weighted by molar-refractivity contribution is -0.137. The normalized spacial score (nSPS) is 11.8. The second-order valence-electron chi connectivity index (χ2n) is 7.89. The molecule has 0 saturated carbocycles. The summed E-state index contributed by atoms with van der Waals surface area (Å²) < 4.78 is 5.80. The molecule has 1 atom stereocenters. The number of pyridine rings is 1. The monoisotopic (exact) mass is 444 g/mol. The molecule has 0 fully saturated rings. The van der Waals surface area contributed by atoms with Gasteiger partial charge in [0.25, 0.3) is 6.01 Å². The highest BCUT2D eigenvalue weighted by Gasteiger charge is 2.16. The van der Waals surface area contributed by atoms with Crippen molar-refractivity contribution < 1.29 is 19.1 Å². The van der Waals surface area contributed by atoms with Gasteiger partial charge in [-0.1, -0.05) is 37.3 Å². The van der Waals surface area contributed by atoms with Gasteiger partial charge in [0.15, 0.2) is 5.58 Å². The number of likely N-dealkylation sites (N-methyl/N-ethyl adjacent to an activating group) is 1. The molecule has 2 aromatic heterocycles. The Bertz CT molecular complexity index is 1270. The van der Waals surface area contributed by atoms with Gasteiger partial charge in [-0.25, -0.2) is 4.98 Å². The smallest absolute Gasteiger partial charge is 0.303 e. The number of rotatable bonds is 8. The molecule has 0 spiro atoms. The number of carboxylic acids is 1. The largest absolute Gasteiger partial charge is 0.481 e. The number of carbonyl (C=O) groups excluding carboxylic acids is 1. The van der Waals surface area contributed by atoms with Crippen molar-refractivity contribution in [1.82, 2.24) is 9.97 Å². The first-order valence-corrected chi connectivity index (χ1v) is 10.5. The van der Waals surface area contributed by atoms with Gasteiger partial charge in [-0.2, -0.15) is 4.98 Å². The van der Waals surface area contributed by atoms with E-state index >= 15 is 0 Å². The molecule has 0 aliphatic carbocycles. The fourth-order valence-electron chi connectivity index (χ4n) is 3.47. The van der Waals surface area contributed by atoms with E-state index in [1.54, 1.807) is 19.3 Å². The minimum atomic E-state index is -0.856. The number of hydrogen-bond donors (Lipinski definition) is 2. The molecule has 2 N–H and O–H groups in total. The fraction of sp³-hybridized carbons (Fsp3) is 0.200. The third-order valence-corrected chi connectivity index (χ3v) is 5.37. The summed E-state index contributed by atoms with van der Waals surface area (Å²) in [4.78, 5) is 34.0. The number of nitrogens with one attached hydrogen (secondary N) is 1. The Hall–Kier alpha value is -4.20. The average molecular weight is 444 g/mol. The molecule has 0 bridgehead atoms. The highest BCUT2D eigenvalue weighted by Crippen LogP contribution is 2.24. The molecule has 168 valence electrons. The summed E-state index contributed by atoms with van der Waals surface area (Å²) in [5.74, 6) is -0.637. The number of oxazole rings is 1. The fourth-order valence-corrected chi connectivity index (χ4v) is 3.47. The topological polar surface area (TPSA) is 109 Å². The lowest BCUT2D eigenvalue weighted by Gasteiger charge is -2.17. The van der Waals surface area contributed by atoms with Crippen LogP contribution in [0.4, 0.5) is 17.5 Å². The van der Waals surface area contributed by atoms with Crippen molar-refractivity contribution in [2.45, 2.75) is 25.7 Å². The van der Waals surface area contributed by atoms with E-state index < -0.39 is 5.97 Å². The second-order valence-corrected chi connectivity index (χ2v) is 7.89. The van der Waals surface area contributed by atoms with Crippen LogP contribution in [0, 0.1) is 0 Å². The zero-order valence-electron chi connectivity index (χ0n) is 18.4. The van der Waals surface area contributed by atoms with E-state index in [-0.39, 0.29) is 24.7 Å². The number of hydrogen-bond acceptors (Lipinski definition) is 6. The number of nitrogens with zero attached hydrogens (tertiary/aromatic N) is 3. The molecular weight excluding hydrogens is 420 g/mol. The molecule has 0 aliphatic rings. The van der Waals surface area contributed by atoms with E-state index in [1.165, 1.54) is 4.90 Å². The lowest BCUT2D eigenvalue weighted by atomic mass is 10.00. The molecule has 2 heterocycles. The molecule has 1 amide bonds. The Kier molecular flexibility index (Phi) is 6.35. The summed E-state index contributed by atoms with van der Waals surface area (Å²) in [5, 5.41) is 12.1. The van der Waals surface area contributed by atoms with Crippen LogP contribution in [0.5, 0.6) is 0 Å². The molecule has 2 aromatic carbocycles. The van der Waals surface area contributed by atoms with E-state index in [4.69, 9.17) is 9.52 Å². The first-order valence-electron chi connectivity index (χ1n) is 10.5. The molecular formula is C25H24N4O4. The Labute approximate surface area is 190 Å². The number of aromatic nitrogens is 2. The van der Waals surface area contributed by atoms with Crippen molar-refractivity contribution in [2.75, 3.05) is 17.3 Å². The van der Waals surface area contributed by atoms with Gasteiger partial charge in [0.2, 0.25) is 5.91 Å². The molecule has 0 aliphatic heterocycles.